The molecule has 134 valence electrons. The molecule has 2 aromatic carbocycles. The molecule has 7 heteroatoms. The number of carbonyl (C=O) groups excluding carboxylic acids is 1. The summed E-state index contributed by atoms with van der Waals surface area (Å²) in [5, 5.41) is 5.22. The van der Waals surface area contributed by atoms with Gasteiger partial charge in [0.25, 0.3) is 0 Å². The molecule has 1 aromatic heterocycles. The molecule has 0 radical (unpaired) electrons. The third kappa shape index (κ3) is 4.07. The molecule has 3 rings (SSSR count). The molecular formula is C19H16Cl2N2O3. The average molecular weight is 391 g/mol. The molecule has 3 aromatic rings. The maximum absolute atomic E-state index is 12.5. The minimum Gasteiger partial charge on any atom is -0.404 e. The molecule has 0 unspecified atom stereocenters. The molecule has 0 saturated heterocycles. The predicted octanol–water partition coefficient (Wildman–Crippen LogP) is 4.85. The van der Waals surface area contributed by atoms with Crippen LogP contribution in [0, 0.1) is 6.92 Å². The van der Waals surface area contributed by atoms with Gasteiger partial charge in [0, 0.05) is 13.2 Å². The van der Waals surface area contributed by atoms with Crippen LogP contribution in [-0.4, -0.2) is 22.9 Å². The monoisotopic (exact) mass is 390 g/mol. The second-order valence-corrected chi connectivity index (χ2v) is 6.49. The zero-order chi connectivity index (χ0) is 18.7. The summed E-state index contributed by atoms with van der Waals surface area (Å²) in [6.07, 6.45) is 0. The fourth-order valence-corrected chi connectivity index (χ4v) is 2.64. The van der Waals surface area contributed by atoms with Crippen LogP contribution in [-0.2, 0) is 11.3 Å². The molecule has 1 heterocycles. The highest BCUT2D eigenvalue weighted by molar-refractivity contribution is 6.42. The van der Waals surface area contributed by atoms with Crippen LogP contribution in [0.15, 0.2) is 48.5 Å². The fourth-order valence-electron chi connectivity index (χ4n) is 2.35. The Balaban J connectivity index is 1.95. The van der Waals surface area contributed by atoms with Crippen molar-refractivity contribution in [2.75, 3.05) is 7.11 Å². The first-order valence-electron chi connectivity index (χ1n) is 7.80. The number of aryl methyl sites for hydroxylation is 1. The molecule has 0 atom stereocenters. The highest BCUT2D eigenvalue weighted by Crippen LogP contribution is 2.27. The normalized spacial score (nSPS) is 10.8. The first kappa shape index (κ1) is 18.5. The number of halogens is 2. The Morgan fingerprint density at radius 3 is 2.46 bits per heavy atom. The van der Waals surface area contributed by atoms with Crippen LogP contribution in [0.2, 0.25) is 10.0 Å². The van der Waals surface area contributed by atoms with E-state index in [0.29, 0.717) is 27.0 Å². The van der Waals surface area contributed by atoms with Gasteiger partial charge >= 0.3 is 5.97 Å². The Morgan fingerprint density at radius 1 is 1.08 bits per heavy atom. The first-order valence-corrected chi connectivity index (χ1v) is 8.55. The van der Waals surface area contributed by atoms with Gasteiger partial charge in [0.15, 0.2) is 0 Å². The number of benzene rings is 2. The SMILES string of the molecule is COCc1cc(OC(=O)c2ccc(C)cc2)n(-c2ccc(Cl)c(Cl)c2)n1. The smallest absolute Gasteiger partial charge is 0.344 e. The number of hydrogen-bond acceptors (Lipinski definition) is 4. The van der Waals surface area contributed by atoms with Gasteiger partial charge in [-0.2, -0.15) is 5.10 Å². The maximum Gasteiger partial charge on any atom is 0.344 e. The summed E-state index contributed by atoms with van der Waals surface area (Å²) < 4.78 is 12.2. The van der Waals surface area contributed by atoms with Gasteiger partial charge in [0.1, 0.15) is 0 Å². The molecule has 0 fully saturated rings. The average Bonchev–Trinajstić information content (AvgIpc) is 3.00. The molecule has 0 bridgehead atoms. The standard InChI is InChI=1S/C19H16Cl2N2O3/c1-12-3-5-13(6-4-12)19(24)26-18-9-14(11-25-2)22-23(18)15-7-8-16(20)17(21)10-15/h3-10H,11H2,1-2H3. The van der Waals surface area contributed by atoms with E-state index in [2.05, 4.69) is 5.10 Å². The maximum atomic E-state index is 12.5. The molecule has 0 aliphatic rings. The van der Waals surface area contributed by atoms with Crippen LogP contribution < -0.4 is 4.74 Å². The van der Waals surface area contributed by atoms with Crippen LogP contribution in [0.25, 0.3) is 5.69 Å². The van der Waals surface area contributed by atoms with Crippen molar-refractivity contribution in [1.29, 1.82) is 0 Å². The lowest BCUT2D eigenvalue weighted by molar-refractivity contribution is 0.0723. The van der Waals surface area contributed by atoms with Crippen molar-refractivity contribution in [2.45, 2.75) is 13.5 Å². The van der Waals surface area contributed by atoms with Gasteiger partial charge in [-0.3, -0.25) is 0 Å². The van der Waals surface area contributed by atoms with Crippen LogP contribution >= 0.6 is 23.2 Å². The van der Waals surface area contributed by atoms with Crippen LogP contribution in [0.3, 0.4) is 0 Å². The molecular weight excluding hydrogens is 375 g/mol. The van der Waals surface area contributed by atoms with E-state index >= 15 is 0 Å². The van der Waals surface area contributed by atoms with Gasteiger partial charge in [0.05, 0.1) is 33.6 Å². The van der Waals surface area contributed by atoms with E-state index in [4.69, 9.17) is 32.7 Å². The Hall–Kier alpha value is -2.34. The number of carbonyl (C=O) groups is 1. The minimum atomic E-state index is -0.477. The summed E-state index contributed by atoms with van der Waals surface area (Å²) in [4.78, 5) is 12.5. The van der Waals surface area contributed by atoms with E-state index < -0.39 is 5.97 Å². The Morgan fingerprint density at radius 2 is 1.81 bits per heavy atom. The lowest BCUT2D eigenvalue weighted by atomic mass is 10.1. The molecule has 0 amide bonds. The van der Waals surface area contributed by atoms with Gasteiger partial charge in [0.2, 0.25) is 5.88 Å². The van der Waals surface area contributed by atoms with Crippen LogP contribution in [0.1, 0.15) is 21.6 Å². The molecule has 26 heavy (non-hydrogen) atoms. The Kier molecular flexibility index (Phi) is 5.61. The van der Waals surface area contributed by atoms with Gasteiger partial charge in [-0.05, 0) is 37.3 Å². The fraction of sp³-hybridized carbons (Fsp3) is 0.158. The Bertz CT molecular complexity index is 936. The largest absolute Gasteiger partial charge is 0.404 e. The summed E-state index contributed by atoms with van der Waals surface area (Å²) in [6, 6.07) is 13.8. The molecule has 5 nitrogen and oxygen atoms in total. The highest BCUT2D eigenvalue weighted by atomic mass is 35.5. The van der Waals surface area contributed by atoms with E-state index in [1.807, 2.05) is 19.1 Å². The second-order valence-electron chi connectivity index (χ2n) is 5.67. The number of nitrogens with zero attached hydrogens (tertiary/aromatic N) is 2. The first-order chi connectivity index (χ1) is 12.5. The van der Waals surface area contributed by atoms with Crippen molar-refractivity contribution < 1.29 is 14.3 Å². The quantitative estimate of drug-likeness (QED) is 0.584. The summed E-state index contributed by atoms with van der Waals surface area (Å²) in [5.74, 6) is -0.212. The number of rotatable bonds is 5. The van der Waals surface area contributed by atoms with Gasteiger partial charge < -0.3 is 9.47 Å². The zero-order valence-corrected chi connectivity index (χ0v) is 15.7. The number of esters is 1. The Labute approximate surface area is 161 Å². The summed E-state index contributed by atoms with van der Waals surface area (Å²) in [5.41, 5.74) is 2.74. The van der Waals surface area contributed by atoms with Crippen molar-refractivity contribution >= 4 is 29.2 Å². The topological polar surface area (TPSA) is 53.4 Å². The second kappa shape index (κ2) is 7.91. The lowest BCUT2D eigenvalue weighted by Crippen LogP contribution is -2.11. The van der Waals surface area contributed by atoms with Crippen molar-refractivity contribution in [1.82, 2.24) is 9.78 Å². The number of hydrogen-bond donors (Lipinski definition) is 0. The van der Waals surface area contributed by atoms with Crippen molar-refractivity contribution in [3.63, 3.8) is 0 Å². The molecule has 0 spiro atoms. The molecule has 0 aliphatic carbocycles. The van der Waals surface area contributed by atoms with Crippen molar-refractivity contribution in [3.05, 3.63) is 75.4 Å². The zero-order valence-electron chi connectivity index (χ0n) is 14.2. The van der Waals surface area contributed by atoms with E-state index in [1.165, 1.54) is 4.68 Å². The highest BCUT2D eigenvalue weighted by Gasteiger charge is 2.16. The number of aromatic nitrogens is 2. The summed E-state index contributed by atoms with van der Waals surface area (Å²) >= 11 is 12.1. The number of methoxy groups -OCH3 is 1. The van der Waals surface area contributed by atoms with Crippen LogP contribution in [0.5, 0.6) is 5.88 Å². The summed E-state index contributed by atoms with van der Waals surface area (Å²) in [6.45, 7) is 2.23. The van der Waals surface area contributed by atoms with E-state index in [9.17, 15) is 4.79 Å². The van der Waals surface area contributed by atoms with Crippen molar-refractivity contribution in [2.24, 2.45) is 0 Å². The third-order valence-electron chi connectivity index (χ3n) is 3.65. The molecule has 0 N–H and O–H groups in total. The van der Waals surface area contributed by atoms with Gasteiger partial charge in [-0.1, -0.05) is 40.9 Å². The molecule has 0 saturated carbocycles. The van der Waals surface area contributed by atoms with Crippen LogP contribution in [0.4, 0.5) is 0 Å². The van der Waals surface area contributed by atoms with E-state index in [1.54, 1.807) is 43.5 Å². The minimum absolute atomic E-state index is 0.265. The van der Waals surface area contributed by atoms with Gasteiger partial charge in [-0.25, -0.2) is 9.48 Å². The number of ether oxygens (including phenoxy) is 2. The lowest BCUT2D eigenvalue weighted by Gasteiger charge is -2.09. The third-order valence-corrected chi connectivity index (χ3v) is 4.39. The predicted molar refractivity (Wildman–Crippen MR) is 100 cm³/mol. The molecule has 0 aliphatic heterocycles. The van der Waals surface area contributed by atoms with E-state index in [0.717, 1.165) is 5.56 Å². The van der Waals surface area contributed by atoms with Gasteiger partial charge in [-0.15, -0.1) is 0 Å². The summed E-state index contributed by atoms with van der Waals surface area (Å²) in [7, 11) is 1.57. The van der Waals surface area contributed by atoms with Crippen molar-refractivity contribution in [3.8, 4) is 11.6 Å². The van der Waals surface area contributed by atoms with E-state index in [-0.39, 0.29) is 12.5 Å².